The Morgan fingerprint density at radius 3 is 2.95 bits per heavy atom. The Kier molecular flexibility index (Phi) is 4.63. The lowest BCUT2D eigenvalue weighted by Gasteiger charge is -2.13. The number of ether oxygens (including phenoxy) is 1. The molecular formula is C14H21N3O2. The molecule has 1 aromatic rings. The molecule has 2 amide bonds. The molecule has 0 radical (unpaired) electrons. The van der Waals surface area contributed by atoms with E-state index in [1.807, 2.05) is 18.2 Å². The topological polar surface area (TPSA) is 53.6 Å². The van der Waals surface area contributed by atoms with E-state index in [1.54, 1.807) is 14.1 Å². The number of para-hydroxylation sites is 1. The van der Waals surface area contributed by atoms with Crippen LogP contribution >= 0.6 is 0 Å². The third-order valence-electron chi connectivity index (χ3n) is 3.17. The lowest BCUT2D eigenvalue weighted by atomic mass is 10.0. The first-order chi connectivity index (χ1) is 9.18. The van der Waals surface area contributed by atoms with Gasteiger partial charge in [0, 0.05) is 45.2 Å². The van der Waals surface area contributed by atoms with Gasteiger partial charge in [0.1, 0.15) is 5.75 Å². The molecule has 1 aliphatic heterocycles. The molecule has 0 bridgehead atoms. The average molecular weight is 263 g/mol. The van der Waals surface area contributed by atoms with Crippen molar-refractivity contribution in [3.63, 3.8) is 0 Å². The Hall–Kier alpha value is -1.75. The van der Waals surface area contributed by atoms with Crippen LogP contribution in [-0.4, -0.2) is 51.3 Å². The molecule has 0 saturated carbocycles. The molecule has 0 saturated heterocycles. The highest BCUT2D eigenvalue weighted by Gasteiger charge is 2.22. The molecule has 1 aliphatic rings. The molecule has 0 aromatic heterocycles. The summed E-state index contributed by atoms with van der Waals surface area (Å²) in [6.07, 6.45) is 0. The number of nitrogens with one attached hydrogen (secondary N) is 2. The highest BCUT2D eigenvalue weighted by Crippen LogP contribution is 2.32. The van der Waals surface area contributed by atoms with Crippen molar-refractivity contribution >= 4 is 6.03 Å². The largest absolute Gasteiger partial charge is 0.493 e. The minimum absolute atomic E-state index is 0.0589. The molecule has 19 heavy (non-hydrogen) atoms. The van der Waals surface area contributed by atoms with Gasteiger partial charge in [-0.2, -0.15) is 0 Å². The molecule has 1 atom stereocenters. The van der Waals surface area contributed by atoms with Gasteiger partial charge in [0.05, 0.1) is 6.61 Å². The van der Waals surface area contributed by atoms with Crippen LogP contribution in [0.5, 0.6) is 5.75 Å². The SMILES string of the molecule is CN(C)C(=O)NCCNCC1COc2ccccc21. The summed E-state index contributed by atoms with van der Waals surface area (Å²) in [6, 6.07) is 8.09. The number of hydrogen-bond acceptors (Lipinski definition) is 3. The maximum Gasteiger partial charge on any atom is 0.316 e. The molecular weight excluding hydrogens is 242 g/mol. The van der Waals surface area contributed by atoms with E-state index < -0.39 is 0 Å². The molecule has 1 unspecified atom stereocenters. The van der Waals surface area contributed by atoms with Crippen LogP contribution in [0.25, 0.3) is 0 Å². The zero-order chi connectivity index (χ0) is 13.7. The van der Waals surface area contributed by atoms with Crippen LogP contribution in [0.15, 0.2) is 24.3 Å². The zero-order valence-electron chi connectivity index (χ0n) is 11.5. The molecule has 0 spiro atoms. The van der Waals surface area contributed by atoms with Crippen molar-refractivity contribution in [1.82, 2.24) is 15.5 Å². The monoisotopic (exact) mass is 263 g/mol. The molecule has 5 heteroatoms. The summed E-state index contributed by atoms with van der Waals surface area (Å²) in [5.74, 6) is 1.40. The molecule has 2 rings (SSSR count). The summed E-state index contributed by atoms with van der Waals surface area (Å²) in [4.78, 5) is 12.8. The highest BCUT2D eigenvalue weighted by molar-refractivity contribution is 5.73. The minimum atomic E-state index is -0.0589. The van der Waals surface area contributed by atoms with Crippen LogP contribution < -0.4 is 15.4 Å². The fraction of sp³-hybridized carbons (Fsp3) is 0.500. The van der Waals surface area contributed by atoms with Crippen LogP contribution in [0.3, 0.4) is 0 Å². The Bertz CT molecular complexity index is 434. The van der Waals surface area contributed by atoms with E-state index in [2.05, 4.69) is 16.7 Å². The lowest BCUT2D eigenvalue weighted by Crippen LogP contribution is -2.39. The predicted molar refractivity (Wildman–Crippen MR) is 74.6 cm³/mol. The maximum atomic E-state index is 11.3. The lowest BCUT2D eigenvalue weighted by molar-refractivity contribution is 0.217. The smallest absolute Gasteiger partial charge is 0.316 e. The second kappa shape index (κ2) is 6.43. The summed E-state index contributed by atoms with van der Waals surface area (Å²) in [5.41, 5.74) is 1.27. The van der Waals surface area contributed by atoms with E-state index in [0.717, 1.165) is 25.4 Å². The van der Waals surface area contributed by atoms with Gasteiger partial charge in [-0.05, 0) is 6.07 Å². The van der Waals surface area contributed by atoms with Gasteiger partial charge < -0.3 is 20.3 Å². The molecule has 0 fully saturated rings. The van der Waals surface area contributed by atoms with Crippen molar-refractivity contribution in [2.24, 2.45) is 0 Å². The Balaban J connectivity index is 1.66. The van der Waals surface area contributed by atoms with Gasteiger partial charge in [0.15, 0.2) is 0 Å². The van der Waals surface area contributed by atoms with Crippen molar-refractivity contribution in [2.75, 3.05) is 40.3 Å². The third-order valence-corrected chi connectivity index (χ3v) is 3.17. The molecule has 104 valence electrons. The van der Waals surface area contributed by atoms with Crippen LogP contribution in [0.2, 0.25) is 0 Å². The van der Waals surface area contributed by atoms with E-state index in [-0.39, 0.29) is 6.03 Å². The standard InChI is InChI=1S/C14H21N3O2/c1-17(2)14(18)16-8-7-15-9-11-10-19-13-6-4-3-5-12(11)13/h3-6,11,15H,7-10H2,1-2H3,(H,16,18). The molecule has 1 heterocycles. The van der Waals surface area contributed by atoms with Crippen LogP contribution in [0, 0.1) is 0 Å². The Morgan fingerprint density at radius 2 is 2.16 bits per heavy atom. The van der Waals surface area contributed by atoms with Crippen LogP contribution in [0.1, 0.15) is 11.5 Å². The van der Waals surface area contributed by atoms with Gasteiger partial charge in [-0.1, -0.05) is 18.2 Å². The number of nitrogens with zero attached hydrogens (tertiary/aromatic N) is 1. The van der Waals surface area contributed by atoms with Crippen molar-refractivity contribution in [2.45, 2.75) is 5.92 Å². The summed E-state index contributed by atoms with van der Waals surface area (Å²) in [7, 11) is 3.46. The fourth-order valence-corrected chi connectivity index (χ4v) is 2.09. The number of rotatable bonds is 5. The van der Waals surface area contributed by atoms with E-state index in [1.165, 1.54) is 10.5 Å². The van der Waals surface area contributed by atoms with E-state index in [4.69, 9.17) is 4.74 Å². The number of hydrogen-bond donors (Lipinski definition) is 2. The van der Waals surface area contributed by atoms with Crippen molar-refractivity contribution in [3.05, 3.63) is 29.8 Å². The molecule has 0 aliphatic carbocycles. The van der Waals surface area contributed by atoms with Crippen LogP contribution in [0.4, 0.5) is 4.79 Å². The Labute approximate surface area is 113 Å². The van der Waals surface area contributed by atoms with Gasteiger partial charge >= 0.3 is 6.03 Å². The second-order valence-electron chi connectivity index (χ2n) is 4.88. The number of carbonyl (C=O) groups excluding carboxylic acids is 1. The first-order valence-electron chi connectivity index (χ1n) is 6.56. The third kappa shape index (κ3) is 3.61. The molecule has 2 N–H and O–H groups in total. The van der Waals surface area contributed by atoms with Crippen molar-refractivity contribution in [1.29, 1.82) is 0 Å². The summed E-state index contributed by atoms with van der Waals surface area (Å²) < 4.78 is 5.62. The number of urea groups is 1. The molecule has 5 nitrogen and oxygen atoms in total. The van der Waals surface area contributed by atoms with Gasteiger partial charge in [-0.15, -0.1) is 0 Å². The van der Waals surface area contributed by atoms with E-state index >= 15 is 0 Å². The molecule has 1 aromatic carbocycles. The van der Waals surface area contributed by atoms with Gasteiger partial charge in [0.25, 0.3) is 0 Å². The number of carbonyl (C=O) groups is 1. The van der Waals surface area contributed by atoms with Gasteiger partial charge in [-0.25, -0.2) is 4.79 Å². The predicted octanol–water partition coefficient (Wildman–Crippen LogP) is 1.02. The summed E-state index contributed by atoms with van der Waals surface area (Å²) in [6.45, 7) is 3.00. The fourth-order valence-electron chi connectivity index (χ4n) is 2.09. The highest BCUT2D eigenvalue weighted by atomic mass is 16.5. The first kappa shape index (κ1) is 13.7. The van der Waals surface area contributed by atoms with Gasteiger partial charge in [0.2, 0.25) is 0 Å². The van der Waals surface area contributed by atoms with E-state index in [0.29, 0.717) is 12.5 Å². The Morgan fingerprint density at radius 1 is 1.37 bits per heavy atom. The second-order valence-corrected chi connectivity index (χ2v) is 4.88. The normalized spacial score (nSPS) is 16.6. The van der Waals surface area contributed by atoms with Crippen molar-refractivity contribution < 1.29 is 9.53 Å². The number of amides is 2. The van der Waals surface area contributed by atoms with Crippen LogP contribution in [-0.2, 0) is 0 Å². The summed E-state index contributed by atoms with van der Waals surface area (Å²) in [5, 5.41) is 6.17. The first-order valence-corrected chi connectivity index (χ1v) is 6.56. The summed E-state index contributed by atoms with van der Waals surface area (Å²) >= 11 is 0. The zero-order valence-corrected chi connectivity index (χ0v) is 11.5. The number of benzene rings is 1. The minimum Gasteiger partial charge on any atom is -0.493 e. The quantitative estimate of drug-likeness (QED) is 0.780. The van der Waals surface area contributed by atoms with Gasteiger partial charge in [-0.3, -0.25) is 0 Å². The van der Waals surface area contributed by atoms with Crippen molar-refractivity contribution in [3.8, 4) is 5.75 Å². The average Bonchev–Trinajstić information content (AvgIpc) is 2.81. The van der Waals surface area contributed by atoms with E-state index in [9.17, 15) is 4.79 Å². The number of fused-ring (bicyclic) bond motifs is 1. The maximum absolute atomic E-state index is 11.3.